The van der Waals surface area contributed by atoms with E-state index in [4.69, 9.17) is 11.6 Å². The van der Waals surface area contributed by atoms with Crippen molar-refractivity contribution in [3.8, 4) is 0 Å². The summed E-state index contributed by atoms with van der Waals surface area (Å²) in [5.74, 6) is 0.561. The average Bonchev–Trinajstić information content (AvgIpc) is 2.78. The third-order valence-electron chi connectivity index (χ3n) is 2.48. The summed E-state index contributed by atoms with van der Waals surface area (Å²) in [4.78, 5) is 13.3. The smallest absolute Gasteiger partial charge is 0.238 e. The highest BCUT2D eigenvalue weighted by Crippen LogP contribution is 2.37. The second kappa shape index (κ2) is 5.06. The van der Waals surface area contributed by atoms with Gasteiger partial charge in [0.25, 0.3) is 0 Å². The molecule has 1 atom stereocenters. The van der Waals surface area contributed by atoms with E-state index in [1.54, 1.807) is 28.8 Å². The van der Waals surface area contributed by atoms with Crippen molar-refractivity contribution >= 4 is 29.3 Å². The van der Waals surface area contributed by atoms with E-state index in [0.717, 1.165) is 11.3 Å². The fourth-order valence-corrected chi connectivity index (χ4v) is 3.14. The van der Waals surface area contributed by atoms with Crippen molar-refractivity contribution in [3.05, 3.63) is 35.6 Å². The maximum Gasteiger partial charge on any atom is 0.238 e. The number of alkyl halides is 1. The number of benzene rings is 1. The van der Waals surface area contributed by atoms with E-state index in [9.17, 15) is 9.18 Å². The van der Waals surface area contributed by atoms with Crippen LogP contribution in [-0.4, -0.2) is 29.0 Å². The normalized spacial score (nSPS) is 20.1. The number of rotatable bonds is 2. The minimum absolute atomic E-state index is 0.00173. The molecule has 1 unspecified atom stereocenters. The molecular weight excluding hydrogens is 249 g/mol. The van der Waals surface area contributed by atoms with Crippen LogP contribution in [0.25, 0.3) is 0 Å². The summed E-state index contributed by atoms with van der Waals surface area (Å²) < 4.78 is 12.8. The molecule has 2 rings (SSSR count). The molecular formula is C11H11ClFNOS. The van der Waals surface area contributed by atoms with Crippen molar-refractivity contribution in [2.24, 2.45) is 0 Å². The lowest BCUT2D eigenvalue weighted by atomic mass is 10.2. The van der Waals surface area contributed by atoms with Gasteiger partial charge in [-0.2, -0.15) is 0 Å². The number of nitrogens with zero attached hydrogens (tertiary/aromatic N) is 1. The first-order chi connectivity index (χ1) is 7.72. The predicted molar refractivity (Wildman–Crippen MR) is 64.0 cm³/mol. The maximum atomic E-state index is 12.8. The molecule has 0 bridgehead atoms. The maximum absolute atomic E-state index is 12.8. The molecule has 1 aromatic carbocycles. The van der Waals surface area contributed by atoms with E-state index in [2.05, 4.69) is 0 Å². The summed E-state index contributed by atoms with van der Waals surface area (Å²) in [7, 11) is 0. The Kier molecular flexibility index (Phi) is 3.71. The van der Waals surface area contributed by atoms with Gasteiger partial charge in [0, 0.05) is 12.3 Å². The quantitative estimate of drug-likeness (QED) is 0.761. The lowest BCUT2D eigenvalue weighted by molar-refractivity contribution is -0.128. The van der Waals surface area contributed by atoms with Gasteiger partial charge in [0.1, 0.15) is 17.1 Å². The number of amides is 1. The highest BCUT2D eigenvalue weighted by atomic mass is 35.5. The summed E-state index contributed by atoms with van der Waals surface area (Å²) in [5, 5.41) is -0.0214. The summed E-state index contributed by atoms with van der Waals surface area (Å²) >= 11 is 7.23. The minimum atomic E-state index is -0.262. The zero-order valence-electron chi connectivity index (χ0n) is 8.53. The van der Waals surface area contributed by atoms with Crippen LogP contribution in [-0.2, 0) is 4.79 Å². The van der Waals surface area contributed by atoms with Crippen LogP contribution in [0.2, 0.25) is 0 Å². The van der Waals surface area contributed by atoms with E-state index >= 15 is 0 Å². The van der Waals surface area contributed by atoms with Gasteiger partial charge < -0.3 is 4.90 Å². The molecule has 0 spiro atoms. The van der Waals surface area contributed by atoms with Crippen molar-refractivity contribution in [1.82, 2.24) is 4.90 Å². The molecule has 0 aromatic heterocycles. The van der Waals surface area contributed by atoms with Gasteiger partial charge in [0.05, 0.1) is 0 Å². The lowest BCUT2D eigenvalue weighted by Gasteiger charge is -2.23. The van der Waals surface area contributed by atoms with Crippen molar-refractivity contribution in [3.63, 3.8) is 0 Å². The topological polar surface area (TPSA) is 20.3 Å². The fraction of sp³-hybridized carbons (Fsp3) is 0.364. The van der Waals surface area contributed by atoms with Crippen LogP contribution in [0.5, 0.6) is 0 Å². The van der Waals surface area contributed by atoms with Crippen LogP contribution in [0.3, 0.4) is 0 Å². The van der Waals surface area contributed by atoms with Gasteiger partial charge in [0.2, 0.25) is 5.91 Å². The first kappa shape index (κ1) is 11.7. The second-order valence-electron chi connectivity index (χ2n) is 3.50. The largest absolute Gasteiger partial charge is 0.325 e. The number of carbonyl (C=O) groups excluding carboxylic acids is 1. The average molecular weight is 260 g/mol. The van der Waals surface area contributed by atoms with Crippen LogP contribution in [0.1, 0.15) is 10.9 Å². The van der Waals surface area contributed by atoms with Crippen LogP contribution in [0.4, 0.5) is 4.39 Å². The van der Waals surface area contributed by atoms with E-state index < -0.39 is 0 Å². The molecule has 16 heavy (non-hydrogen) atoms. The monoisotopic (exact) mass is 259 g/mol. The molecule has 0 aliphatic carbocycles. The molecule has 1 aliphatic rings. The van der Waals surface area contributed by atoms with Crippen LogP contribution in [0, 0.1) is 5.82 Å². The van der Waals surface area contributed by atoms with Crippen LogP contribution in [0.15, 0.2) is 24.3 Å². The number of hydrogen-bond acceptors (Lipinski definition) is 2. The van der Waals surface area contributed by atoms with Gasteiger partial charge in [-0.1, -0.05) is 12.1 Å². The van der Waals surface area contributed by atoms with Crippen LogP contribution < -0.4 is 0 Å². The van der Waals surface area contributed by atoms with Gasteiger partial charge in [0.15, 0.2) is 0 Å². The lowest BCUT2D eigenvalue weighted by Crippen LogP contribution is -2.31. The molecule has 0 saturated carbocycles. The molecule has 2 nitrogen and oxygen atoms in total. The SMILES string of the molecule is O=C(CCl)N1CCSC1c1ccc(F)cc1. The van der Waals surface area contributed by atoms with E-state index in [1.807, 2.05) is 0 Å². The number of carbonyl (C=O) groups is 1. The van der Waals surface area contributed by atoms with E-state index in [0.29, 0.717) is 6.54 Å². The molecule has 1 amide bonds. The number of hydrogen-bond donors (Lipinski definition) is 0. The Labute approximate surface area is 103 Å². The Bertz CT molecular complexity index is 384. The molecule has 1 aliphatic heterocycles. The van der Waals surface area contributed by atoms with Gasteiger partial charge in [-0.25, -0.2) is 4.39 Å². The third-order valence-corrected chi connectivity index (χ3v) is 3.97. The van der Waals surface area contributed by atoms with E-state index in [1.165, 1.54) is 12.1 Å². The van der Waals surface area contributed by atoms with Gasteiger partial charge in [-0.15, -0.1) is 23.4 Å². The molecule has 1 fully saturated rings. The highest BCUT2D eigenvalue weighted by molar-refractivity contribution is 7.99. The van der Waals surface area contributed by atoms with Crippen molar-refractivity contribution < 1.29 is 9.18 Å². The summed E-state index contributed by atoms with van der Waals surface area (Å²) in [5.41, 5.74) is 0.947. The zero-order valence-corrected chi connectivity index (χ0v) is 10.1. The summed E-state index contributed by atoms with van der Waals surface area (Å²) in [6, 6.07) is 6.26. The highest BCUT2D eigenvalue weighted by Gasteiger charge is 2.29. The first-order valence-electron chi connectivity index (χ1n) is 4.95. The molecule has 1 saturated heterocycles. The van der Waals surface area contributed by atoms with Gasteiger partial charge >= 0.3 is 0 Å². The van der Waals surface area contributed by atoms with Crippen molar-refractivity contribution in [2.45, 2.75) is 5.37 Å². The summed E-state index contributed by atoms with van der Waals surface area (Å²) in [6.07, 6.45) is 0. The number of thioether (sulfide) groups is 1. The molecule has 5 heteroatoms. The van der Waals surface area contributed by atoms with Gasteiger partial charge in [-0.05, 0) is 17.7 Å². The fourth-order valence-electron chi connectivity index (χ4n) is 1.71. The van der Waals surface area contributed by atoms with Gasteiger partial charge in [-0.3, -0.25) is 4.79 Å². The summed E-state index contributed by atoms with van der Waals surface area (Å²) in [6.45, 7) is 0.707. The zero-order chi connectivity index (χ0) is 11.5. The molecule has 86 valence electrons. The van der Waals surface area contributed by atoms with Crippen molar-refractivity contribution in [1.29, 1.82) is 0 Å². The minimum Gasteiger partial charge on any atom is -0.325 e. The Morgan fingerprint density at radius 1 is 1.50 bits per heavy atom. The third kappa shape index (κ3) is 2.33. The molecule has 0 radical (unpaired) electrons. The van der Waals surface area contributed by atoms with Crippen LogP contribution >= 0.6 is 23.4 Å². The first-order valence-corrected chi connectivity index (χ1v) is 6.53. The molecule has 1 heterocycles. The predicted octanol–water partition coefficient (Wildman–Crippen LogP) is 2.64. The Morgan fingerprint density at radius 2 is 2.19 bits per heavy atom. The van der Waals surface area contributed by atoms with E-state index in [-0.39, 0.29) is 23.0 Å². The Hall–Kier alpha value is -0.740. The second-order valence-corrected chi connectivity index (χ2v) is 4.95. The molecule has 0 N–H and O–H groups in total. The molecule has 1 aromatic rings. The Balaban J connectivity index is 2.19. The number of halogens is 2. The standard InChI is InChI=1S/C11H11ClFNOS/c12-7-10(15)14-5-6-16-11(14)8-1-3-9(13)4-2-8/h1-4,11H,5-7H2. The van der Waals surface area contributed by atoms with Crippen molar-refractivity contribution in [2.75, 3.05) is 18.2 Å². The Morgan fingerprint density at radius 3 is 2.81 bits per heavy atom.